The molecular formula is C24H39N7O6. The lowest BCUT2D eigenvalue weighted by Gasteiger charge is -2.24. The smallest absolute Gasteiger partial charge is 0.326 e. The number of aromatic hydroxyl groups is 1. The van der Waals surface area contributed by atoms with Gasteiger partial charge in [0.1, 0.15) is 23.9 Å². The number of carboxylic acids is 1. The summed E-state index contributed by atoms with van der Waals surface area (Å²) in [7, 11) is 0. The average molecular weight is 522 g/mol. The zero-order chi connectivity index (χ0) is 28.1. The second-order valence-electron chi connectivity index (χ2n) is 9.25. The number of benzene rings is 1. The molecule has 3 amide bonds. The van der Waals surface area contributed by atoms with E-state index in [1.165, 1.54) is 19.1 Å². The number of amides is 3. The molecule has 0 heterocycles. The number of guanidine groups is 1. The zero-order valence-corrected chi connectivity index (χ0v) is 21.4. The zero-order valence-electron chi connectivity index (χ0n) is 21.4. The van der Waals surface area contributed by atoms with Crippen LogP contribution in [-0.4, -0.2) is 70.6 Å². The molecule has 1 aromatic carbocycles. The molecule has 0 saturated heterocycles. The van der Waals surface area contributed by atoms with Crippen LogP contribution >= 0.6 is 0 Å². The van der Waals surface area contributed by atoms with E-state index in [-0.39, 0.29) is 43.4 Å². The van der Waals surface area contributed by atoms with E-state index in [0.29, 0.717) is 6.42 Å². The van der Waals surface area contributed by atoms with Gasteiger partial charge in [-0.15, -0.1) is 0 Å². The van der Waals surface area contributed by atoms with Gasteiger partial charge in [-0.3, -0.25) is 19.4 Å². The molecule has 0 aliphatic heterocycles. The van der Waals surface area contributed by atoms with E-state index in [1.54, 1.807) is 12.1 Å². The van der Waals surface area contributed by atoms with Crippen molar-refractivity contribution in [2.24, 2.45) is 28.1 Å². The first kappa shape index (κ1) is 31.2. The minimum absolute atomic E-state index is 0.0114. The van der Waals surface area contributed by atoms with Crippen LogP contribution in [0.3, 0.4) is 0 Å². The lowest BCUT2D eigenvalue weighted by atomic mass is 10.0. The number of phenolic OH excluding ortho intramolecular Hbond substituents is 1. The summed E-state index contributed by atoms with van der Waals surface area (Å²) < 4.78 is 0. The average Bonchev–Trinajstić information content (AvgIpc) is 2.81. The van der Waals surface area contributed by atoms with Crippen molar-refractivity contribution >= 4 is 29.7 Å². The highest BCUT2D eigenvalue weighted by Gasteiger charge is 2.29. The first-order chi connectivity index (χ1) is 17.3. The molecule has 0 aromatic heterocycles. The van der Waals surface area contributed by atoms with Crippen molar-refractivity contribution in [2.75, 3.05) is 6.54 Å². The summed E-state index contributed by atoms with van der Waals surface area (Å²) in [6.07, 6.45) is 0.851. The van der Waals surface area contributed by atoms with Gasteiger partial charge < -0.3 is 43.4 Å². The second kappa shape index (κ2) is 15.3. The summed E-state index contributed by atoms with van der Waals surface area (Å²) in [6, 6.07) is 2.03. The minimum atomic E-state index is -1.18. The van der Waals surface area contributed by atoms with Crippen molar-refractivity contribution in [1.29, 1.82) is 0 Å². The SMILES string of the molecule is CC(C)CC(NC(=O)C(CCCN=C(N)N)NC(=O)C(C)NC(=O)C(N)Cc1ccc(O)cc1)C(=O)O. The van der Waals surface area contributed by atoms with Crippen LogP contribution in [0.5, 0.6) is 5.75 Å². The number of rotatable bonds is 15. The Morgan fingerprint density at radius 2 is 1.51 bits per heavy atom. The summed E-state index contributed by atoms with van der Waals surface area (Å²) in [4.78, 5) is 53.6. The molecule has 0 fully saturated rings. The lowest BCUT2D eigenvalue weighted by Crippen LogP contribution is -2.56. The molecule has 206 valence electrons. The van der Waals surface area contributed by atoms with E-state index in [4.69, 9.17) is 17.2 Å². The lowest BCUT2D eigenvalue weighted by molar-refractivity contribution is -0.142. The number of nitrogens with two attached hydrogens (primary N) is 3. The third-order valence-corrected chi connectivity index (χ3v) is 5.38. The van der Waals surface area contributed by atoms with Gasteiger partial charge in [-0.25, -0.2) is 4.79 Å². The Labute approximate surface area is 216 Å². The molecule has 0 radical (unpaired) electrons. The Bertz CT molecular complexity index is 947. The van der Waals surface area contributed by atoms with Gasteiger partial charge in [0.2, 0.25) is 17.7 Å². The number of nitrogens with zero attached hydrogens (tertiary/aromatic N) is 1. The van der Waals surface area contributed by atoms with Crippen molar-refractivity contribution in [2.45, 2.75) is 70.6 Å². The normalized spacial score (nSPS) is 14.1. The number of hydrogen-bond acceptors (Lipinski definition) is 7. The third-order valence-electron chi connectivity index (χ3n) is 5.38. The number of phenols is 1. The summed E-state index contributed by atoms with van der Waals surface area (Å²) in [5, 5.41) is 26.4. The van der Waals surface area contributed by atoms with Gasteiger partial charge in [0.05, 0.1) is 6.04 Å². The van der Waals surface area contributed by atoms with Crippen LogP contribution in [-0.2, 0) is 25.6 Å². The van der Waals surface area contributed by atoms with E-state index in [9.17, 15) is 29.4 Å². The molecule has 0 bridgehead atoms. The largest absolute Gasteiger partial charge is 0.508 e. The highest BCUT2D eigenvalue weighted by atomic mass is 16.4. The highest BCUT2D eigenvalue weighted by molar-refractivity contribution is 5.93. The maximum absolute atomic E-state index is 12.9. The third kappa shape index (κ3) is 12.1. The van der Waals surface area contributed by atoms with Crippen LogP contribution < -0.4 is 33.2 Å². The Morgan fingerprint density at radius 1 is 0.919 bits per heavy atom. The fourth-order valence-electron chi connectivity index (χ4n) is 3.40. The monoisotopic (exact) mass is 521 g/mol. The van der Waals surface area contributed by atoms with Crippen LogP contribution in [0.25, 0.3) is 0 Å². The van der Waals surface area contributed by atoms with Gasteiger partial charge in [-0.2, -0.15) is 0 Å². The molecule has 4 unspecified atom stereocenters. The maximum atomic E-state index is 12.9. The number of aliphatic carboxylic acids is 1. The van der Waals surface area contributed by atoms with Crippen LogP contribution in [0, 0.1) is 5.92 Å². The highest BCUT2D eigenvalue weighted by Crippen LogP contribution is 2.11. The first-order valence-corrected chi connectivity index (χ1v) is 12.0. The Balaban J connectivity index is 2.82. The first-order valence-electron chi connectivity index (χ1n) is 12.0. The van der Waals surface area contributed by atoms with E-state index in [1.807, 2.05) is 13.8 Å². The van der Waals surface area contributed by atoms with Crippen molar-refractivity contribution in [3.05, 3.63) is 29.8 Å². The standard InChI is InChI=1S/C24H39N7O6/c1-13(2)11-19(23(36)37)31-22(35)18(5-4-10-28-24(26)27)30-20(33)14(3)29-21(34)17(25)12-15-6-8-16(32)9-7-15/h6-9,13-14,17-19,32H,4-5,10-12,25H2,1-3H3,(H,29,34)(H,30,33)(H,31,35)(H,36,37)(H4,26,27,28). The molecule has 13 nitrogen and oxygen atoms in total. The molecular weight excluding hydrogens is 482 g/mol. The molecule has 11 N–H and O–H groups in total. The number of nitrogens with one attached hydrogen (secondary N) is 3. The molecule has 0 aliphatic carbocycles. The predicted octanol–water partition coefficient (Wildman–Crippen LogP) is -1.08. The maximum Gasteiger partial charge on any atom is 0.326 e. The van der Waals surface area contributed by atoms with Crippen LogP contribution in [0.4, 0.5) is 0 Å². The van der Waals surface area contributed by atoms with Crippen molar-refractivity contribution in [3.8, 4) is 5.75 Å². The molecule has 1 aromatic rings. The van der Waals surface area contributed by atoms with Crippen molar-refractivity contribution < 1.29 is 29.4 Å². The molecule has 0 spiro atoms. The minimum Gasteiger partial charge on any atom is -0.508 e. The van der Waals surface area contributed by atoms with Gasteiger partial charge >= 0.3 is 5.97 Å². The van der Waals surface area contributed by atoms with Crippen LogP contribution in [0.1, 0.15) is 45.6 Å². The molecule has 0 saturated carbocycles. The summed E-state index contributed by atoms with van der Waals surface area (Å²) >= 11 is 0. The van der Waals surface area contributed by atoms with E-state index in [2.05, 4.69) is 20.9 Å². The fraction of sp³-hybridized carbons (Fsp3) is 0.542. The Kier molecular flexibility index (Phi) is 12.9. The van der Waals surface area contributed by atoms with Gasteiger partial charge in [0.15, 0.2) is 5.96 Å². The van der Waals surface area contributed by atoms with Gasteiger partial charge in [-0.1, -0.05) is 26.0 Å². The van der Waals surface area contributed by atoms with E-state index < -0.39 is 47.9 Å². The molecule has 0 aliphatic rings. The number of hydrogen-bond donors (Lipinski definition) is 8. The topological polar surface area (TPSA) is 235 Å². The number of carboxylic acid groups (broad SMARTS) is 1. The summed E-state index contributed by atoms with van der Waals surface area (Å²) in [5.74, 6) is -3.10. The second-order valence-corrected chi connectivity index (χ2v) is 9.25. The fourth-order valence-corrected chi connectivity index (χ4v) is 3.40. The van der Waals surface area contributed by atoms with Gasteiger partial charge in [0.25, 0.3) is 0 Å². The summed E-state index contributed by atoms with van der Waals surface area (Å²) in [6.45, 7) is 5.29. The van der Waals surface area contributed by atoms with Gasteiger partial charge in [-0.05, 0) is 56.2 Å². The van der Waals surface area contributed by atoms with Crippen LogP contribution in [0.15, 0.2) is 29.3 Å². The Morgan fingerprint density at radius 3 is 2.05 bits per heavy atom. The van der Waals surface area contributed by atoms with Gasteiger partial charge in [0, 0.05) is 6.54 Å². The quantitative estimate of drug-likeness (QED) is 0.0794. The van der Waals surface area contributed by atoms with Crippen LogP contribution in [0.2, 0.25) is 0 Å². The van der Waals surface area contributed by atoms with Crippen molar-refractivity contribution in [1.82, 2.24) is 16.0 Å². The molecule has 1 rings (SSSR count). The number of aliphatic imine (C=N–C) groups is 1. The predicted molar refractivity (Wildman–Crippen MR) is 138 cm³/mol. The molecule has 13 heteroatoms. The summed E-state index contributed by atoms with van der Waals surface area (Å²) in [5.41, 5.74) is 17.3. The van der Waals surface area contributed by atoms with Crippen molar-refractivity contribution in [3.63, 3.8) is 0 Å². The Hall–Kier alpha value is -3.87. The number of carbonyl (C=O) groups excluding carboxylic acids is 3. The molecule has 4 atom stereocenters. The van der Waals surface area contributed by atoms with E-state index >= 15 is 0 Å². The van der Waals surface area contributed by atoms with E-state index in [0.717, 1.165) is 5.56 Å². The number of carbonyl (C=O) groups is 4. The molecule has 37 heavy (non-hydrogen) atoms.